The molecule has 9 rings (SSSR count). The van der Waals surface area contributed by atoms with E-state index in [1.54, 1.807) is 0 Å². The Kier molecular flexibility index (Phi) is 6.16. The topological polar surface area (TPSA) is 29.3 Å². The highest BCUT2D eigenvalue weighted by atomic mass is 16.3. The molecule has 3 heteroatoms. The van der Waals surface area contributed by atoms with E-state index in [-0.39, 0.29) is 5.41 Å². The molecule has 1 aliphatic carbocycles. The summed E-state index contributed by atoms with van der Waals surface area (Å²) in [6.07, 6.45) is 0. The maximum absolute atomic E-state index is 6.28. The van der Waals surface area contributed by atoms with Gasteiger partial charge in [-0.3, -0.25) is 0 Å². The van der Waals surface area contributed by atoms with Crippen LogP contribution in [0.25, 0.3) is 55.6 Å². The van der Waals surface area contributed by atoms with E-state index in [1.165, 1.54) is 22.3 Å². The van der Waals surface area contributed by atoms with Crippen LogP contribution in [0.1, 0.15) is 25.0 Å². The zero-order valence-electron chi connectivity index (χ0n) is 26.3. The molecule has 1 aliphatic rings. The Morgan fingerprint density at radius 3 is 1.98 bits per heavy atom. The van der Waals surface area contributed by atoms with Gasteiger partial charge < -0.3 is 9.32 Å². The Hall–Kier alpha value is -5.93. The Balaban J connectivity index is 1.08. The summed E-state index contributed by atoms with van der Waals surface area (Å²) in [5.74, 6) is 0.646. The van der Waals surface area contributed by atoms with E-state index in [1.807, 2.05) is 30.3 Å². The molecule has 8 aromatic rings. The number of anilines is 3. The maximum Gasteiger partial charge on any atom is 0.227 e. The van der Waals surface area contributed by atoms with Crippen molar-refractivity contribution in [3.63, 3.8) is 0 Å². The van der Waals surface area contributed by atoms with Crippen molar-refractivity contribution in [2.45, 2.75) is 19.3 Å². The van der Waals surface area contributed by atoms with E-state index in [0.29, 0.717) is 5.89 Å². The molecule has 0 aliphatic heterocycles. The van der Waals surface area contributed by atoms with E-state index in [0.717, 1.165) is 55.6 Å². The number of rotatable bonds is 5. The number of fused-ring (bicyclic) bond motifs is 6. The van der Waals surface area contributed by atoms with Crippen LogP contribution in [-0.2, 0) is 5.41 Å². The Labute approximate surface area is 274 Å². The molecule has 0 unspecified atom stereocenters. The highest BCUT2D eigenvalue weighted by molar-refractivity contribution is 6.05. The smallest absolute Gasteiger partial charge is 0.227 e. The summed E-state index contributed by atoms with van der Waals surface area (Å²) in [6, 6.07) is 56.1. The van der Waals surface area contributed by atoms with Crippen LogP contribution in [0.5, 0.6) is 0 Å². The van der Waals surface area contributed by atoms with Crippen LogP contribution in [-0.4, -0.2) is 4.98 Å². The molecule has 0 N–H and O–H groups in total. The lowest BCUT2D eigenvalue weighted by Crippen LogP contribution is -2.16. The highest BCUT2D eigenvalue weighted by Gasteiger charge is 2.35. The first kappa shape index (κ1) is 27.4. The Morgan fingerprint density at radius 1 is 0.511 bits per heavy atom. The number of hydrogen-bond acceptors (Lipinski definition) is 3. The minimum absolute atomic E-state index is 0.0648. The molecule has 7 aromatic carbocycles. The lowest BCUT2D eigenvalue weighted by Gasteiger charge is -2.28. The van der Waals surface area contributed by atoms with Crippen LogP contribution in [0.15, 0.2) is 162 Å². The average Bonchev–Trinajstić information content (AvgIpc) is 3.67. The molecule has 0 atom stereocenters. The van der Waals surface area contributed by atoms with E-state index in [2.05, 4.69) is 146 Å². The number of benzene rings is 7. The zero-order valence-corrected chi connectivity index (χ0v) is 26.3. The number of aromatic nitrogens is 1. The lowest BCUT2D eigenvalue weighted by atomic mass is 9.82. The largest absolute Gasteiger partial charge is 0.435 e. The SMILES string of the molecule is CC1(C)c2ccccc2-c2ccc(N(c3ccccc3)c3ccc(-c4ccc5c(ccc6nc(-c7ccccc7)oc65)c4)cc3)cc21. The van der Waals surface area contributed by atoms with Gasteiger partial charge in [-0.05, 0) is 105 Å². The first-order valence-electron chi connectivity index (χ1n) is 16.1. The molecule has 0 bridgehead atoms. The van der Waals surface area contributed by atoms with E-state index in [4.69, 9.17) is 9.40 Å². The fourth-order valence-corrected chi connectivity index (χ4v) is 7.26. The van der Waals surface area contributed by atoms with Gasteiger partial charge in [0.05, 0.1) is 0 Å². The van der Waals surface area contributed by atoms with Crippen molar-refractivity contribution in [1.29, 1.82) is 0 Å². The summed E-state index contributed by atoms with van der Waals surface area (Å²) >= 11 is 0. The minimum Gasteiger partial charge on any atom is -0.435 e. The van der Waals surface area contributed by atoms with Crippen molar-refractivity contribution in [3.8, 4) is 33.7 Å². The van der Waals surface area contributed by atoms with E-state index in [9.17, 15) is 0 Å². The maximum atomic E-state index is 6.28. The second-order valence-electron chi connectivity index (χ2n) is 12.9. The van der Waals surface area contributed by atoms with Gasteiger partial charge in [-0.1, -0.05) is 105 Å². The van der Waals surface area contributed by atoms with Gasteiger partial charge in [-0.15, -0.1) is 0 Å². The molecule has 1 heterocycles. The first-order valence-corrected chi connectivity index (χ1v) is 16.1. The van der Waals surface area contributed by atoms with Gasteiger partial charge >= 0.3 is 0 Å². The second kappa shape index (κ2) is 10.6. The molecule has 1 aromatic heterocycles. The van der Waals surface area contributed by atoms with Gasteiger partial charge in [-0.25, -0.2) is 4.98 Å². The molecular weight excluding hydrogens is 572 g/mol. The third kappa shape index (κ3) is 4.46. The van der Waals surface area contributed by atoms with Gasteiger partial charge in [0.2, 0.25) is 5.89 Å². The number of para-hydroxylation sites is 1. The quantitative estimate of drug-likeness (QED) is 0.196. The van der Waals surface area contributed by atoms with Gasteiger partial charge in [0.25, 0.3) is 0 Å². The number of oxazole rings is 1. The molecule has 0 saturated heterocycles. The van der Waals surface area contributed by atoms with Crippen molar-refractivity contribution in [2.75, 3.05) is 4.90 Å². The van der Waals surface area contributed by atoms with Gasteiger partial charge in [0, 0.05) is 33.4 Å². The van der Waals surface area contributed by atoms with Crippen LogP contribution in [0.4, 0.5) is 17.1 Å². The van der Waals surface area contributed by atoms with E-state index >= 15 is 0 Å². The highest BCUT2D eigenvalue weighted by Crippen LogP contribution is 2.50. The number of hydrogen-bond donors (Lipinski definition) is 0. The van der Waals surface area contributed by atoms with E-state index < -0.39 is 0 Å². The monoisotopic (exact) mass is 604 g/mol. The summed E-state index contributed by atoms with van der Waals surface area (Å²) < 4.78 is 6.28. The van der Waals surface area contributed by atoms with Crippen LogP contribution in [0.3, 0.4) is 0 Å². The third-order valence-corrected chi connectivity index (χ3v) is 9.69. The third-order valence-electron chi connectivity index (χ3n) is 9.69. The molecule has 0 fully saturated rings. The van der Waals surface area contributed by atoms with Crippen molar-refractivity contribution in [2.24, 2.45) is 0 Å². The molecule has 47 heavy (non-hydrogen) atoms. The zero-order chi connectivity index (χ0) is 31.5. The van der Waals surface area contributed by atoms with Crippen LogP contribution >= 0.6 is 0 Å². The molecular formula is C44H32N2O. The normalized spacial score (nSPS) is 13.1. The summed E-state index contributed by atoms with van der Waals surface area (Å²) in [6.45, 7) is 4.67. The van der Waals surface area contributed by atoms with Crippen molar-refractivity contribution in [1.82, 2.24) is 4.98 Å². The van der Waals surface area contributed by atoms with Crippen LogP contribution in [0.2, 0.25) is 0 Å². The van der Waals surface area contributed by atoms with Crippen molar-refractivity contribution < 1.29 is 4.42 Å². The summed E-state index contributed by atoms with van der Waals surface area (Å²) in [4.78, 5) is 7.11. The van der Waals surface area contributed by atoms with Crippen molar-refractivity contribution in [3.05, 3.63) is 169 Å². The minimum atomic E-state index is -0.0648. The Bertz CT molecular complexity index is 2420. The molecule has 0 radical (unpaired) electrons. The number of nitrogens with zero attached hydrogens (tertiary/aromatic N) is 2. The summed E-state index contributed by atoms with van der Waals surface area (Å²) in [5.41, 5.74) is 13.7. The average molecular weight is 605 g/mol. The summed E-state index contributed by atoms with van der Waals surface area (Å²) in [7, 11) is 0. The Morgan fingerprint density at radius 2 is 1.17 bits per heavy atom. The lowest BCUT2D eigenvalue weighted by molar-refractivity contribution is 0.623. The molecule has 224 valence electrons. The van der Waals surface area contributed by atoms with Gasteiger partial charge in [-0.2, -0.15) is 0 Å². The fraction of sp³-hybridized carbons (Fsp3) is 0.0682. The molecule has 0 amide bonds. The predicted octanol–water partition coefficient (Wildman–Crippen LogP) is 12.1. The second-order valence-corrected chi connectivity index (χ2v) is 12.9. The van der Waals surface area contributed by atoms with Crippen molar-refractivity contribution >= 4 is 38.9 Å². The molecule has 3 nitrogen and oxygen atoms in total. The van der Waals surface area contributed by atoms with Gasteiger partial charge in [0.1, 0.15) is 5.52 Å². The first-order chi connectivity index (χ1) is 23.0. The molecule has 0 saturated carbocycles. The van der Waals surface area contributed by atoms with Crippen LogP contribution < -0.4 is 4.90 Å². The van der Waals surface area contributed by atoms with Crippen LogP contribution in [0, 0.1) is 0 Å². The summed E-state index contributed by atoms with van der Waals surface area (Å²) in [5, 5.41) is 2.19. The van der Waals surface area contributed by atoms with Gasteiger partial charge in [0.15, 0.2) is 5.58 Å². The molecule has 0 spiro atoms. The standard InChI is InChI=1S/C44H32N2O/c1-44(2)39-16-10-9-15-37(39)38-25-23-35(28-40(38)44)46(33-13-7-4-8-14-33)34-21-17-29(18-22-34)31-19-24-36-32(27-31)20-26-41-42(36)47-43(45-41)30-11-5-3-6-12-30/h3-28H,1-2H3. The predicted molar refractivity (Wildman–Crippen MR) is 195 cm³/mol. The fourth-order valence-electron chi connectivity index (χ4n) is 7.26.